The van der Waals surface area contributed by atoms with Gasteiger partial charge in [-0.25, -0.2) is 0 Å². The number of aliphatic hydroxyl groups excluding tert-OH is 5. The lowest BCUT2D eigenvalue weighted by molar-refractivity contribution is -0.331. The fraction of sp³-hybridized carbons (Fsp3) is 0.824. The minimum atomic E-state index is -1.39. The van der Waals surface area contributed by atoms with E-state index in [-0.39, 0.29) is 25.2 Å². The van der Waals surface area contributed by atoms with Crippen LogP contribution in [0.5, 0.6) is 0 Å². The quantitative estimate of drug-likeness (QED) is 0.374. The predicted molar refractivity (Wildman–Crippen MR) is 86.8 cm³/mol. The largest absolute Gasteiger partial charge is 0.509 e. The number of ether oxygens (including phenoxy) is 4. The van der Waals surface area contributed by atoms with E-state index < -0.39 is 60.4 Å². The number of esters is 1. The standard InChI is InChI=1S/C17H26O10/c1-7(19)27-17(2)4-10(21)12-11(22)6-24-15(13(12)17)26-16-14(23)9(20)3-8(5-18)25-16/h6,8-10,12-16,18,20-23H,3-5H2,1-2H3/t8-,9-,10+,12?,13?,14-,15-,16-,17-/m0/s1. The van der Waals surface area contributed by atoms with Crippen molar-refractivity contribution in [1.29, 1.82) is 0 Å². The summed E-state index contributed by atoms with van der Waals surface area (Å²) in [5.41, 5.74) is -1.20. The minimum Gasteiger partial charge on any atom is -0.509 e. The van der Waals surface area contributed by atoms with Crippen molar-refractivity contribution in [2.24, 2.45) is 11.8 Å². The van der Waals surface area contributed by atoms with Gasteiger partial charge in [0.1, 0.15) is 23.7 Å². The van der Waals surface area contributed by atoms with Crippen LogP contribution in [0.15, 0.2) is 12.0 Å². The first-order valence-corrected chi connectivity index (χ1v) is 8.86. The van der Waals surface area contributed by atoms with Crippen LogP contribution in [0.2, 0.25) is 0 Å². The molecular weight excluding hydrogens is 364 g/mol. The van der Waals surface area contributed by atoms with Crippen molar-refractivity contribution >= 4 is 5.97 Å². The number of rotatable bonds is 4. The van der Waals surface area contributed by atoms with Gasteiger partial charge in [-0.05, 0) is 6.92 Å². The number of hydrogen-bond donors (Lipinski definition) is 5. The zero-order valence-corrected chi connectivity index (χ0v) is 15.1. The molecule has 2 fully saturated rings. The molecule has 1 saturated carbocycles. The van der Waals surface area contributed by atoms with E-state index in [1.807, 2.05) is 0 Å². The Kier molecular flexibility index (Phi) is 5.67. The molecular formula is C17H26O10. The van der Waals surface area contributed by atoms with E-state index in [1.54, 1.807) is 6.92 Å². The maximum absolute atomic E-state index is 11.6. The summed E-state index contributed by atoms with van der Waals surface area (Å²) in [6.45, 7) is 2.46. The van der Waals surface area contributed by atoms with Crippen molar-refractivity contribution < 1.29 is 49.3 Å². The third kappa shape index (κ3) is 3.78. The average molecular weight is 390 g/mol. The summed E-state index contributed by atoms with van der Waals surface area (Å²) in [7, 11) is 0. The Bertz CT molecular complexity index is 594. The Morgan fingerprint density at radius 3 is 2.63 bits per heavy atom. The monoisotopic (exact) mass is 390 g/mol. The highest BCUT2D eigenvalue weighted by atomic mass is 16.8. The van der Waals surface area contributed by atoms with Gasteiger partial charge in [-0.1, -0.05) is 0 Å². The number of hydrogen-bond acceptors (Lipinski definition) is 10. The van der Waals surface area contributed by atoms with Crippen LogP contribution in [-0.4, -0.2) is 80.7 Å². The van der Waals surface area contributed by atoms with E-state index in [0.717, 1.165) is 6.26 Å². The van der Waals surface area contributed by atoms with Gasteiger partial charge in [0.15, 0.2) is 6.29 Å². The third-order valence-electron chi connectivity index (χ3n) is 5.43. The van der Waals surface area contributed by atoms with Crippen molar-refractivity contribution in [3.63, 3.8) is 0 Å². The van der Waals surface area contributed by atoms with Gasteiger partial charge in [-0.2, -0.15) is 0 Å². The second-order valence-electron chi connectivity index (χ2n) is 7.52. The minimum absolute atomic E-state index is 0.0413. The van der Waals surface area contributed by atoms with Crippen LogP contribution in [-0.2, 0) is 23.7 Å². The van der Waals surface area contributed by atoms with Crippen LogP contribution in [0.25, 0.3) is 0 Å². The average Bonchev–Trinajstić information content (AvgIpc) is 2.84. The summed E-state index contributed by atoms with van der Waals surface area (Å²) in [4.78, 5) is 11.6. The van der Waals surface area contributed by atoms with Gasteiger partial charge in [0, 0.05) is 19.8 Å². The molecule has 2 heterocycles. The van der Waals surface area contributed by atoms with E-state index >= 15 is 0 Å². The predicted octanol–water partition coefficient (Wildman–Crippen LogP) is -1.09. The molecule has 0 amide bonds. The van der Waals surface area contributed by atoms with Gasteiger partial charge in [-0.3, -0.25) is 4.79 Å². The van der Waals surface area contributed by atoms with Crippen molar-refractivity contribution in [2.45, 2.75) is 69.3 Å². The van der Waals surface area contributed by atoms with E-state index in [9.17, 15) is 30.3 Å². The van der Waals surface area contributed by atoms with Crippen molar-refractivity contribution in [3.05, 3.63) is 12.0 Å². The summed E-state index contributed by atoms with van der Waals surface area (Å²) in [6, 6.07) is 0. The fourth-order valence-electron chi connectivity index (χ4n) is 4.27. The molecule has 0 radical (unpaired) electrons. The van der Waals surface area contributed by atoms with Gasteiger partial charge in [0.25, 0.3) is 0 Å². The van der Waals surface area contributed by atoms with E-state index in [2.05, 4.69) is 0 Å². The van der Waals surface area contributed by atoms with Crippen LogP contribution in [0.3, 0.4) is 0 Å². The Balaban J connectivity index is 1.84. The Hall–Kier alpha value is -1.43. The third-order valence-corrected chi connectivity index (χ3v) is 5.43. The molecule has 0 bridgehead atoms. The summed E-state index contributed by atoms with van der Waals surface area (Å²) >= 11 is 0. The van der Waals surface area contributed by atoms with Gasteiger partial charge >= 0.3 is 5.97 Å². The molecule has 10 nitrogen and oxygen atoms in total. The van der Waals surface area contributed by atoms with Crippen molar-refractivity contribution in [1.82, 2.24) is 0 Å². The Labute approximate surface area is 155 Å². The number of carbonyl (C=O) groups excluding carboxylic acids is 1. The molecule has 3 aliphatic rings. The lowest BCUT2D eigenvalue weighted by Gasteiger charge is -2.43. The summed E-state index contributed by atoms with van der Waals surface area (Å²) in [5.74, 6) is -2.36. The highest BCUT2D eigenvalue weighted by molar-refractivity contribution is 5.66. The van der Waals surface area contributed by atoms with Gasteiger partial charge in [0.05, 0.1) is 36.8 Å². The maximum atomic E-state index is 11.6. The van der Waals surface area contributed by atoms with E-state index in [1.165, 1.54) is 6.92 Å². The molecule has 0 aromatic heterocycles. The first-order chi connectivity index (χ1) is 12.7. The molecule has 0 aromatic carbocycles. The molecule has 0 aromatic rings. The molecule has 27 heavy (non-hydrogen) atoms. The normalized spacial score (nSPS) is 47.0. The van der Waals surface area contributed by atoms with Crippen LogP contribution in [0.1, 0.15) is 26.7 Å². The van der Waals surface area contributed by atoms with Crippen molar-refractivity contribution in [2.75, 3.05) is 6.61 Å². The number of aliphatic hydroxyl groups is 5. The van der Waals surface area contributed by atoms with Crippen LogP contribution in [0.4, 0.5) is 0 Å². The van der Waals surface area contributed by atoms with Crippen LogP contribution >= 0.6 is 0 Å². The van der Waals surface area contributed by atoms with E-state index in [0.29, 0.717) is 0 Å². The smallest absolute Gasteiger partial charge is 0.303 e. The number of carbonyl (C=O) groups is 1. The summed E-state index contributed by atoms with van der Waals surface area (Å²) < 4.78 is 22.0. The zero-order chi connectivity index (χ0) is 19.9. The first-order valence-electron chi connectivity index (χ1n) is 8.86. The number of fused-ring (bicyclic) bond motifs is 1. The van der Waals surface area contributed by atoms with Gasteiger partial charge in [-0.15, -0.1) is 0 Å². The second-order valence-corrected chi connectivity index (χ2v) is 7.52. The molecule has 3 rings (SSSR count). The molecule has 10 heteroatoms. The van der Waals surface area contributed by atoms with Crippen LogP contribution in [0, 0.1) is 11.8 Å². The summed E-state index contributed by atoms with van der Waals surface area (Å²) in [5, 5.41) is 49.9. The Morgan fingerprint density at radius 1 is 1.30 bits per heavy atom. The molecule has 1 saturated heterocycles. The Morgan fingerprint density at radius 2 is 2.00 bits per heavy atom. The van der Waals surface area contributed by atoms with Gasteiger partial charge < -0.3 is 44.5 Å². The topological polar surface area (TPSA) is 155 Å². The molecule has 2 unspecified atom stereocenters. The zero-order valence-electron chi connectivity index (χ0n) is 15.1. The molecule has 154 valence electrons. The first kappa shape index (κ1) is 20.3. The SMILES string of the molecule is CC(=O)O[C@@]1(C)C[C@@H](O)C2C(O)=CO[C@@H](O[C@@H]3O[C@H](CO)C[C@H](O)[C@@H]3O)C21. The van der Waals surface area contributed by atoms with Crippen LogP contribution < -0.4 is 0 Å². The highest BCUT2D eigenvalue weighted by Gasteiger charge is 2.61. The van der Waals surface area contributed by atoms with Gasteiger partial charge in [0.2, 0.25) is 6.29 Å². The molecule has 5 N–H and O–H groups in total. The van der Waals surface area contributed by atoms with Crippen molar-refractivity contribution in [3.8, 4) is 0 Å². The fourth-order valence-corrected chi connectivity index (χ4v) is 4.27. The molecule has 0 spiro atoms. The molecule has 1 aliphatic carbocycles. The maximum Gasteiger partial charge on any atom is 0.303 e. The van der Waals surface area contributed by atoms with E-state index in [4.69, 9.17) is 18.9 Å². The second kappa shape index (κ2) is 7.53. The lowest BCUT2D eigenvalue weighted by Crippen LogP contribution is -2.55. The molecule has 9 atom stereocenters. The highest BCUT2D eigenvalue weighted by Crippen LogP contribution is 2.50. The molecule has 2 aliphatic heterocycles. The summed E-state index contributed by atoms with van der Waals surface area (Å²) in [6.07, 6.45) is -5.62. The lowest BCUT2D eigenvalue weighted by atomic mass is 9.83.